The van der Waals surface area contributed by atoms with Gasteiger partial charge in [0.2, 0.25) is 5.95 Å². The number of alkyl halides is 3. The molecule has 0 unspecified atom stereocenters. The summed E-state index contributed by atoms with van der Waals surface area (Å²) in [5, 5.41) is 5.55. The number of anilines is 3. The molecular formula is C20H19F3N6O. The Morgan fingerprint density at radius 1 is 1.03 bits per heavy atom. The van der Waals surface area contributed by atoms with Crippen LogP contribution < -0.4 is 15.5 Å². The van der Waals surface area contributed by atoms with Crippen LogP contribution in [0.3, 0.4) is 0 Å². The maximum Gasteiger partial charge on any atom is 0.433 e. The Morgan fingerprint density at radius 2 is 1.70 bits per heavy atom. The van der Waals surface area contributed by atoms with Crippen LogP contribution in [0.4, 0.5) is 30.6 Å². The Hall–Kier alpha value is -3.69. The summed E-state index contributed by atoms with van der Waals surface area (Å²) in [6.07, 6.45) is -1.43. The number of aromatic nitrogens is 3. The number of pyridine rings is 1. The first kappa shape index (κ1) is 21.0. The molecule has 0 bridgehead atoms. The second kappa shape index (κ2) is 8.76. The molecule has 1 amide bonds. The van der Waals surface area contributed by atoms with E-state index in [0.717, 1.165) is 11.6 Å². The summed E-state index contributed by atoms with van der Waals surface area (Å²) in [7, 11) is 3.20. The van der Waals surface area contributed by atoms with Crippen molar-refractivity contribution in [2.24, 2.45) is 0 Å². The van der Waals surface area contributed by atoms with Crippen LogP contribution in [0.15, 0.2) is 54.9 Å². The molecule has 7 nitrogen and oxygen atoms in total. The third kappa shape index (κ3) is 5.43. The van der Waals surface area contributed by atoms with Gasteiger partial charge >= 0.3 is 6.18 Å². The smallest absolute Gasteiger partial charge is 0.363 e. The lowest BCUT2D eigenvalue weighted by molar-refractivity contribution is -0.141. The highest BCUT2D eigenvalue weighted by Crippen LogP contribution is 2.30. The second-order valence-corrected chi connectivity index (χ2v) is 6.57. The highest BCUT2D eigenvalue weighted by Gasteiger charge is 2.34. The van der Waals surface area contributed by atoms with Crippen LogP contribution in [0, 0.1) is 0 Å². The van der Waals surface area contributed by atoms with Gasteiger partial charge in [-0.3, -0.25) is 9.78 Å². The topological polar surface area (TPSA) is 83.0 Å². The first-order valence-corrected chi connectivity index (χ1v) is 8.90. The summed E-state index contributed by atoms with van der Waals surface area (Å²) in [5.74, 6) is -0.270. The van der Waals surface area contributed by atoms with Crippen LogP contribution in [-0.4, -0.2) is 35.0 Å². The summed E-state index contributed by atoms with van der Waals surface area (Å²) < 4.78 is 39.2. The molecule has 0 aliphatic heterocycles. The lowest BCUT2D eigenvalue weighted by Crippen LogP contribution is -2.17. The van der Waals surface area contributed by atoms with Gasteiger partial charge in [0.15, 0.2) is 5.69 Å². The molecular weight excluding hydrogens is 397 g/mol. The maximum atomic E-state index is 13.1. The third-order valence-electron chi connectivity index (χ3n) is 4.07. The van der Waals surface area contributed by atoms with Crippen molar-refractivity contribution in [3.63, 3.8) is 0 Å². The lowest BCUT2D eigenvalue weighted by Gasteiger charge is -2.16. The van der Waals surface area contributed by atoms with Crippen molar-refractivity contribution in [3.8, 4) is 0 Å². The van der Waals surface area contributed by atoms with E-state index in [1.165, 1.54) is 4.90 Å². The normalized spacial score (nSPS) is 11.1. The Balaban J connectivity index is 1.68. The molecule has 2 heterocycles. The van der Waals surface area contributed by atoms with Crippen molar-refractivity contribution >= 4 is 23.4 Å². The molecule has 0 aliphatic rings. The molecule has 0 aliphatic carbocycles. The highest BCUT2D eigenvalue weighted by atomic mass is 19.4. The average Bonchev–Trinajstić information content (AvgIpc) is 2.72. The van der Waals surface area contributed by atoms with E-state index in [2.05, 4.69) is 25.6 Å². The van der Waals surface area contributed by atoms with E-state index in [-0.39, 0.29) is 24.2 Å². The van der Waals surface area contributed by atoms with Crippen LogP contribution in [-0.2, 0) is 12.7 Å². The summed E-state index contributed by atoms with van der Waals surface area (Å²) in [6, 6.07) is 10.9. The number of amides is 1. The van der Waals surface area contributed by atoms with Gasteiger partial charge < -0.3 is 15.5 Å². The van der Waals surface area contributed by atoms with E-state index >= 15 is 0 Å². The predicted octanol–water partition coefficient (Wildman–Crippen LogP) is 3.82. The zero-order valence-corrected chi connectivity index (χ0v) is 16.2. The molecule has 0 fully saturated rings. The minimum absolute atomic E-state index is 0.131. The SMILES string of the molecule is CN(C)c1cc(C(F)(F)F)nc(NCc2ccc(C(=O)Nc3ccncc3)cc2)n1. The molecule has 0 atom stereocenters. The quantitative estimate of drug-likeness (QED) is 0.636. The monoisotopic (exact) mass is 416 g/mol. The van der Waals surface area contributed by atoms with Gasteiger partial charge in [0.1, 0.15) is 5.82 Å². The van der Waals surface area contributed by atoms with E-state index in [1.54, 1.807) is 62.9 Å². The Kier molecular flexibility index (Phi) is 6.14. The van der Waals surface area contributed by atoms with Crippen LogP contribution in [0.2, 0.25) is 0 Å². The summed E-state index contributed by atoms with van der Waals surface area (Å²) in [5.41, 5.74) is 0.801. The van der Waals surface area contributed by atoms with Crippen molar-refractivity contribution in [2.45, 2.75) is 12.7 Å². The fraction of sp³-hybridized carbons (Fsp3) is 0.200. The fourth-order valence-electron chi connectivity index (χ4n) is 2.48. The zero-order chi connectivity index (χ0) is 21.7. The molecule has 0 spiro atoms. The first-order valence-electron chi connectivity index (χ1n) is 8.90. The van der Waals surface area contributed by atoms with E-state index < -0.39 is 11.9 Å². The number of carbonyl (C=O) groups excluding carboxylic acids is 1. The molecule has 0 saturated heterocycles. The van der Waals surface area contributed by atoms with Crippen LogP contribution in [0.25, 0.3) is 0 Å². The zero-order valence-electron chi connectivity index (χ0n) is 16.2. The van der Waals surface area contributed by atoms with Crippen molar-refractivity contribution in [1.29, 1.82) is 0 Å². The molecule has 3 rings (SSSR count). The average molecular weight is 416 g/mol. The number of nitrogens with one attached hydrogen (secondary N) is 2. The number of rotatable bonds is 6. The molecule has 0 radical (unpaired) electrons. The van der Waals surface area contributed by atoms with Gasteiger partial charge in [-0.25, -0.2) is 4.98 Å². The summed E-state index contributed by atoms with van der Waals surface area (Å²) in [6.45, 7) is 0.195. The van der Waals surface area contributed by atoms with Crippen molar-refractivity contribution in [1.82, 2.24) is 15.0 Å². The fourth-order valence-corrected chi connectivity index (χ4v) is 2.48. The number of halogens is 3. The lowest BCUT2D eigenvalue weighted by atomic mass is 10.1. The van der Waals surface area contributed by atoms with Gasteiger partial charge in [-0.2, -0.15) is 18.2 Å². The van der Waals surface area contributed by atoms with E-state index in [9.17, 15) is 18.0 Å². The van der Waals surface area contributed by atoms with Crippen LogP contribution in [0.1, 0.15) is 21.6 Å². The Morgan fingerprint density at radius 3 is 2.30 bits per heavy atom. The number of nitrogens with zero attached hydrogens (tertiary/aromatic N) is 4. The molecule has 2 aromatic heterocycles. The van der Waals surface area contributed by atoms with Crippen molar-refractivity contribution in [2.75, 3.05) is 29.6 Å². The Bertz CT molecular complexity index is 1010. The summed E-state index contributed by atoms with van der Waals surface area (Å²) in [4.78, 5) is 25.3. The van der Waals surface area contributed by atoms with Gasteiger partial charge in [0, 0.05) is 50.4 Å². The molecule has 0 saturated carbocycles. The van der Waals surface area contributed by atoms with Gasteiger partial charge in [0.05, 0.1) is 0 Å². The van der Waals surface area contributed by atoms with Gasteiger partial charge in [-0.15, -0.1) is 0 Å². The minimum Gasteiger partial charge on any atom is -0.363 e. The largest absolute Gasteiger partial charge is 0.433 e. The minimum atomic E-state index is -4.58. The maximum absolute atomic E-state index is 13.1. The second-order valence-electron chi connectivity index (χ2n) is 6.57. The van der Waals surface area contributed by atoms with E-state index in [4.69, 9.17) is 0 Å². The van der Waals surface area contributed by atoms with E-state index in [0.29, 0.717) is 11.3 Å². The van der Waals surface area contributed by atoms with Crippen molar-refractivity contribution in [3.05, 3.63) is 71.7 Å². The first-order chi connectivity index (χ1) is 14.2. The highest BCUT2D eigenvalue weighted by molar-refractivity contribution is 6.04. The van der Waals surface area contributed by atoms with Gasteiger partial charge in [0.25, 0.3) is 5.91 Å². The van der Waals surface area contributed by atoms with Crippen LogP contribution >= 0.6 is 0 Å². The van der Waals surface area contributed by atoms with E-state index in [1.807, 2.05) is 0 Å². The molecule has 3 aromatic rings. The van der Waals surface area contributed by atoms with Gasteiger partial charge in [-0.1, -0.05) is 12.1 Å². The van der Waals surface area contributed by atoms with Gasteiger partial charge in [-0.05, 0) is 29.8 Å². The van der Waals surface area contributed by atoms with Crippen LogP contribution in [0.5, 0.6) is 0 Å². The molecule has 30 heavy (non-hydrogen) atoms. The third-order valence-corrected chi connectivity index (χ3v) is 4.07. The predicted molar refractivity (Wildman–Crippen MR) is 107 cm³/mol. The molecule has 1 aromatic carbocycles. The van der Waals surface area contributed by atoms with Crippen molar-refractivity contribution < 1.29 is 18.0 Å². The molecule has 2 N–H and O–H groups in total. The molecule has 156 valence electrons. The number of carbonyl (C=O) groups is 1. The number of hydrogen-bond donors (Lipinski definition) is 2. The Labute approximate surface area is 171 Å². The number of benzene rings is 1. The number of hydrogen-bond acceptors (Lipinski definition) is 6. The summed E-state index contributed by atoms with van der Waals surface area (Å²) >= 11 is 0. The molecule has 10 heteroatoms. The standard InChI is InChI=1S/C20H19F3N6O/c1-29(2)17-11-16(20(21,22)23)27-19(28-17)25-12-13-3-5-14(6-4-13)18(30)26-15-7-9-24-10-8-15/h3-11H,12H2,1-2H3,(H,24,26,30)(H,25,27,28).